The van der Waals surface area contributed by atoms with E-state index in [0.717, 1.165) is 25.1 Å². The zero-order chi connectivity index (χ0) is 23.7. The Morgan fingerprint density at radius 2 is 1.48 bits per heavy atom. The van der Waals surface area contributed by atoms with Crippen molar-refractivity contribution in [3.05, 3.63) is 107 Å². The summed E-state index contributed by atoms with van der Waals surface area (Å²) in [5, 5.41) is 3.70. The molecule has 174 valence electrons. The van der Waals surface area contributed by atoms with Crippen molar-refractivity contribution in [2.75, 3.05) is 13.6 Å². The summed E-state index contributed by atoms with van der Waals surface area (Å²) in [4.78, 5) is 4.63. The van der Waals surface area contributed by atoms with Crippen molar-refractivity contribution in [3.8, 4) is 0 Å². The van der Waals surface area contributed by atoms with Crippen LogP contribution in [0.15, 0.2) is 89.9 Å². The van der Waals surface area contributed by atoms with E-state index in [4.69, 9.17) is 5.73 Å². The molecule has 0 saturated carbocycles. The van der Waals surface area contributed by atoms with Crippen molar-refractivity contribution in [1.82, 2.24) is 5.32 Å². The number of rotatable bonds is 10. The van der Waals surface area contributed by atoms with Gasteiger partial charge in [-0.05, 0) is 53.0 Å². The van der Waals surface area contributed by atoms with Crippen LogP contribution in [0.2, 0.25) is 0 Å². The van der Waals surface area contributed by atoms with Crippen molar-refractivity contribution < 1.29 is 0 Å². The average Bonchev–Trinajstić information content (AvgIpc) is 2.84. The highest BCUT2D eigenvalue weighted by atomic mass is 15.0. The van der Waals surface area contributed by atoms with E-state index in [2.05, 4.69) is 116 Å². The van der Waals surface area contributed by atoms with Crippen molar-refractivity contribution >= 4 is 5.84 Å². The van der Waals surface area contributed by atoms with Gasteiger partial charge in [-0.1, -0.05) is 106 Å². The van der Waals surface area contributed by atoms with Crippen LogP contribution in [0.1, 0.15) is 67.8 Å². The van der Waals surface area contributed by atoms with Gasteiger partial charge in [0, 0.05) is 13.5 Å². The molecular formula is C30H39N3. The van der Waals surface area contributed by atoms with E-state index in [0.29, 0.717) is 12.5 Å². The molecule has 0 fully saturated rings. The van der Waals surface area contributed by atoms with Crippen LogP contribution in [0.5, 0.6) is 0 Å². The molecule has 3 N–H and O–H groups in total. The Kier molecular flexibility index (Phi) is 8.85. The smallest absolute Gasteiger partial charge is 0.0969 e. The van der Waals surface area contributed by atoms with Gasteiger partial charge in [-0.15, -0.1) is 0 Å². The Bertz CT molecular complexity index is 1010. The molecule has 33 heavy (non-hydrogen) atoms. The number of aliphatic imine (C=N–C) groups is 1. The molecule has 0 radical (unpaired) electrons. The molecule has 3 aromatic carbocycles. The molecule has 3 heteroatoms. The first-order chi connectivity index (χ1) is 15.9. The lowest BCUT2D eigenvalue weighted by Gasteiger charge is -2.34. The monoisotopic (exact) mass is 441 g/mol. The number of hydrogen-bond donors (Lipinski definition) is 2. The fraction of sp³-hybridized carbons (Fsp3) is 0.367. The van der Waals surface area contributed by atoms with Crippen LogP contribution in [-0.4, -0.2) is 19.4 Å². The van der Waals surface area contributed by atoms with Crippen LogP contribution in [0.3, 0.4) is 0 Å². The maximum absolute atomic E-state index is 5.92. The molecule has 3 rings (SSSR count). The predicted molar refractivity (Wildman–Crippen MR) is 142 cm³/mol. The summed E-state index contributed by atoms with van der Waals surface area (Å²) in [5.74, 6) is 1.42. The highest BCUT2D eigenvalue weighted by molar-refractivity contribution is 5.83. The van der Waals surface area contributed by atoms with Crippen LogP contribution in [0.4, 0.5) is 0 Å². The van der Waals surface area contributed by atoms with Crippen molar-refractivity contribution in [1.29, 1.82) is 0 Å². The summed E-state index contributed by atoms with van der Waals surface area (Å²) in [7, 11) is 1.88. The summed E-state index contributed by atoms with van der Waals surface area (Å²) in [6.07, 6.45) is 2.71. The van der Waals surface area contributed by atoms with E-state index in [1.165, 1.54) is 22.3 Å². The van der Waals surface area contributed by atoms with E-state index in [1.807, 2.05) is 7.05 Å². The van der Waals surface area contributed by atoms with E-state index in [-0.39, 0.29) is 11.5 Å². The molecule has 0 heterocycles. The highest BCUT2D eigenvalue weighted by Crippen LogP contribution is 2.39. The number of hydrogen-bond acceptors (Lipinski definition) is 2. The summed E-state index contributed by atoms with van der Waals surface area (Å²) in [6, 6.07) is 30.4. The second-order valence-electron chi connectivity index (χ2n) is 9.65. The van der Waals surface area contributed by atoms with Gasteiger partial charge in [0.15, 0.2) is 0 Å². The Morgan fingerprint density at radius 1 is 0.879 bits per heavy atom. The lowest BCUT2D eigenvalue weighted by atomic mass is 9.73. The van der Waals surface area contributed by atoms with Crippen LogP contribution in [0.25, 0.3) is 0 Å². The zero-order valence-electron chi connectivity index (χ0n) is 20.6. The molecule has 3 nitrogen and oxygen atoms in total. The van der Waals surface area contributed by atoms with Gasteiger partial charge in [0.05, 0.1) is 11.9 Å². The Balaban J connectivity index is 1.72. The fourth-order valence-electron chi connectivity index (χ4n) is 4.41. The van der Waals surface area contributed by atoms with Crippen LogP contribution in [0, 0.1) is 5.41 Å². The lowest BCUT2D eigenvalue weighted by Crippen LogP contribution is -2.35. The molecule has 0 bridgehead atoms. The molecule has 0 amide bonds. The molecule has 2 atom stereocenters. The minimum Gasteiger partial charge on any atom is -0.367 e. The average molecular weight is 442 g/mol. The van der Waals surface area contributed by atoms with Crippen LogP contribution in [-0.2, 0) is 6.42 Å². The first-order valence-corrected chi connectivity index (χ1v) is 12.0. The first kappa shape index (κ1) is 24.7. The summed E-state index contributed by atoms with van der Waals surface area (Å²) in [6.45, 7) is 7.66. The molecule has 0 aliphatic heterocycles. The van der Waals surface area contributed by atoms with Gasteiger partial charge >= 0.3 is 0 Å². The number of amidine groups is 1. The number of benzene rings is 3. The molecule has 0 aliphatic carbocycles. The van der Waals surface area contributed by atoms with E-state index >= 15 is 0 Å². The van der Waals surface area contributed by atoms with E-state index < -0.39 is 0 Å². The Hall–Kier alpha value is -2.91. The third kappa shape index (κ3) is 7.03. The molecule has 3 aromatic rings. The molecule has 0 spiro atoms. The third-order valence-electron chi connectivity index (χ3n) is 6.77. The van der Waals surface area contributed by atoms with Gasteiger partial charge in [-0.2, -0.15) is 0 Å². The largest absolute Gasteiger partial charge is 0.367 e. The quantitative estimate of drug-likeness (QED) is 0.278. The minimum absolute atomic E-state index is 0.0389. The van der Waals surface area contributed by atoms with Crippen molar-refractivity contribution in [2.45, 2.75) is 52.0 Å². The van der Waals surface area contributed by atoms with Crippen LogP contribution >= 0.6 is 0 Å². The summed E-state index contributed by atoms with van der Waals surface area (Å²) in [5.41, 5.74) is 11.3. The minimum atomic E-state index is 0.0389. The normalized spacial score (nSPS) is 14.0. The Labute approximate surface area is 200 Å². The lowest BCUT2D eigenvalue weighted by molar-refractivity contribution is 0.310. The van der Waals surface area contributed by atoms with Gasteiger partial charge in [-0.3, -0.25) is 4.99 Å². The van der Waals surface area contributed by atoms with Gasteiger partial charge in [0.2, 0.25) is 0 Å². The molecule has 0 aromatic heterocycles. The van der Waals surface area contributed by atoms with Crippen molar-refractivity contribution in [3.63, 3.8) is 0 Å². The highest BCUT2D eigenvalue weighted by Gasteiger charge is 2.29. The maximum Gasteiger partial charge on any atom is 0.0969 e. The summed E-state index contributed by atoms with van der Waals surface area (Å²) < 4.78 is 0. The SMILES string of the molecule is CN=C(CC(C)(C)C(C)c1cccc(Cc2ccccc2)c1)N[C@@H](CCN)c1ccccc1. The van der Waals surface area contributed by atoms with Gasteiger partial charge < -0.3 is 11.1 Å². The second kappa shape index (κ2) is 11.8. The molecule has 1 unspecified atom stereocenters. The number of nitrogens with two attached hydrogens (primary N) is 1. The standard InChI is InChI=1S/C30H39N3/c1-23(27-17-11-14-25(21-27)20-24-12-7-5-8-13-24)30(2,3)22-29(32-4)33-28(18-19-31)26-15-9-6-10-16-26/h5-17,21,23,28H,18-20,22,31H2,1-4H3,(H,32,33)/t23?,28-/m0/s1. The summed E-state index contributed by atoms with van der Waals surface area (Å²) >= 11 is 0. The van der Waals surface area contributed by atoms with E-state index in [9.17, 15) is 0 Å². The Morgan fingerprint density at radius 3 is 2.12 bits per heavy atom. The predicted octanol–water partition coefficient (Wildman–Crippen LogP) is 6.51. The van der Waals surface area contributed by atoms with Gasteiger partial charge in [0.25, 0.3) is 0 Å². The molecular weight excluding hydrogens is 402 g/mol. The fourth-order valence-corrected chi connectivity index (χ4v) is 4.41. The maximum atomic E-state index is 5.92. The zero-order valence-corrected chi connectivity index (χ0v) is 20.6. The molecule has 0 aliphatic rings. The number of nitrogens with zero attached hydrogens (tertiary/aromatic N) is 1. The van der Waals surface area contributed by atoms with Gasteiger partial charge in [-0.25, -0.2) is 0 Å². The third-order valence-corrected chi connectivity index (χ3v) is 6.77. The first-order valence-electron chi connectivity index (χ1n) is 12.0. The van der Waals surface area contributed by atoms with Crippen LogP contribution < -0.4 is 11.1 Å². The number of nitrogens with one attached hydrogen (secondary N) is 1. The second-order valence-corrected chi connectivity index (χ2v) is 9.65. The van der Waals surface area contributed by atoms with Gasteiger partial charge in [0.1, 0.15) is 0 Å². The molecule has 0 saturated heterocycles. The van der Waals surface area contributed by atoms with Crippen molar-refractivity contribution in [2.24, 2.45) is 16.1 Å². The van der Waals surface area contributed by atoms with E-state index in [1.54, 1.807) is 0 Å². The topological polar surface area (TPSA) is 50.4 Å².